The van der Waals surface area contributed by atoms with Gasteiger partial charge in [-0.25, -0.2) is 8.78 Å². The molecule has 3 nitrogen and oxygen atoms in total. The Morgan fingerprint density at radius 2 is 1.86 bits per heavy atom. The molecule has 0 aliphatic rings. The van der Waals surface area contributed by atoms with Gasteiger partial charge >= 0.3 is 0 Å². The van der Waals surface area contributed by atoms with Gasteiger partial charge in [0.25, 0.3) is 5.91 Å². The Kier molecular flexibility index (Phi) is 4.98. The lowest BCUT2D eigenvalue weighted by Gasteiger charge is -2.21. The van der Waals surface area contributed by atoms with Gasteiger partial charge in [0.1, 0.15) is 0 Å². The average molecular weight is 290 g/mol. The lowest BCUT2D eigenvalue weighted by atomic mass is 10.1. The second kappa shape index (κ2) is 6.92. The molecular formula is C16H16F2N2O. The number of carbonyl (C=O) groups is 1. The lowest BCUT2D eigenvalue weighted by molar-refractivity contribution is 0.0765. The minimum atomic E-state index is -1.01. The molecule has 0 aliphatic heterocycles. The van der Waals surface area contributed by atoms with E-state index in [1.807, 2.05) is 19.1 Å². The van der Waals surface area contributed by atoms with Crippen LogP contribution in [0.2, 0.25) is 0 Å². The van der Waals surface area contributed by atoms with Crippen molar-refractivity contribution in [3.8, 4) is 0 Å². The van der Waals surface area contributed by atoms with Gasteiger partial charge in [0, 0.05) is 31.0 Å². The fourth-order valence-corrected chi connectivity index (χ4v) is 2.03. The maximum Gasteiger partial charge on any atom is 0.253 e. The Hall–Kier alpha value is -2.30. The molecule has 0 atom stereocenters. The van der Waals surface area contributed by atoms with Crippen LogP contribution in [0, 0.1) is 11.6 Å². The zero-order valence-electron chi connectivity index (χ0n) is 11.7. The largest absolute Gasteiger partial charge is 0.339 e. The highest BCUT2D eigenvalue weighted by Gasteiger charge is 2.15. The number of likely N-dealkylation sites (N-methyl/N-ethyl adjacent to an activating group) is 1. The number of hydrogen-bond donors (Lipinski definition) is 0. The summed E-state index contributed by atoms with van der Waals surface area (Å²) in [6, 6.07) is 6.98. The maximum atomic E-state index is 13.2. The predicted molar refractivity (Wildman–Crippen MR) is 75.9 cm³/mol. The van der Waals surface area contributed by atoms with E-state index in [-0.39, 0.29) is 11.5 Å². The molecule has 0 spiro atoms. The van der Waals surface area contributed by atoms with Crippen LogP contribution >= 0.6 is 0 Å². The molecule has 2 aromatic rings. The van der Waals surface area contributed by atoms with Crippen LogP contribution in [0.4, 0.5) is 8.78 Å². The molecule has 0 fully saturated rings. The molecule has 0 radical (unpaired) electrons. The Bertz CT molecular complexity index is 617. The van der Waals surface area contributed by atoms with Crippen LogP contribution in [0.1, 0.15) is 22.8 Å². The monoisotopic (exact) mass is 290 g/mol. The van der Waals surface area contributed by atoms with Crippen molar-refractivity contribution in [3.05, 3.63) is 65.5 Å². The van der Waals surface area contributed by atoms with Gasteiger partial charge in [0.05, 0.1) is 0 Å². The molecule has 0 unspecified atom stereocenters. The third-order valence-corrected chi connectivity index (χ3v) is 3.26. The zero-order valence-corrected chi connectivity index (χ0v) is 11.7. The van der Waals surface area contributed by atoms with Crippen LogP contribution in [0.5, 0.6) is 0 Å². The lowest BCUT2D eigenvalue weighted by Crippen LogP contribution is -2.32. The van der Waals surface area contributed by atoms with Crippen molar-refractivity contribution in [2.75, 3.05) is 13.1 Å². The van der Waals surface area contributed by atoms with Gasteiger partial charge in [-0.1, -0.05) is 0 Å². The normalized spacial score (nSPS) is 10.4. The average Bonchev–Trinajstić information content (AvgIpc) is 2.51. The Morgan fingerprint density at radius 3 is 2.48 bits per heavy atom. The number of aromatic nitrogens is 1. The van der Waals surface area contributed by atoms with E-state index in [9.17, 15) is 13.6 Å². The van der Waals surface area contributed by atoms with Gasteiger partial charge in [-0.3, -0.25) is 9.78 Å². The van der Waals surface area contributed by atoms with Gasteiger partial charge in [-0.15, -0.1) is 0 Å². The van der Waals surface area contributed by atoms with Crippen LogP contribution in [-0.2, 0) is 6.42 Å². The third-order valence-electron chi connectivity index (χ3n) is 3.26. The number of hydrogen-bond acceptors (Lipinski definition) is 2. The van der Waals surface area contributed by atoms with E-state index < -0.39 is 11.6 Å². The Morgan fingerprint density at radius 1 is 1.14 bits per heavy atom. The van der Waals surface area contributed by atoms with Gasteiger partial charge < -0.3 is 4.90 Å². The second-order valence-corrected chi connectivity index (χ2v) is 4.62. The summed E-state index contributed by atoms with van der Waals surface area (Å²) >= 11 is 0. The van der Waals surface area contributed by atoms with Crippen LogP contribution in [-0.4, -0.2) is 28.9 Å². The maximum absolute atomic E-state index is 13.2. The highest BCUT2D eigenvalue weighted by molar-refractivity contribution is 5.94. The van der Waals surface area contributed by atoms with Crippen molar-refractivity contribution in [1.29, 1.82) is 0 Å². The summed E-state index contributed by atoms with van der Waals surface area (Å²) in [5.74, 6) is -2.26. The molecule has 1 aromatic carbocycles. The van der Waals surface area contributed by atoms with Crippen molar-refractivity contribution < 1.29 is 13.6 Å². The van der Waals surface area contributed by atoms with E-state index in [1.165, 1.54) is 6.07 Å². The highest BCUT2D eigenvalue weighted by atomic mass is 19.2. The van der Waals surface area contributed by atoms with Gasteiger partial charge in [-0.2, -0.15) is 0 Å². The molecule has 0 bridgehead atoms. The highest BCUT2D eigenvalue weighted by Crippen LogP contribution is 2.12. The number of rotatable bonds is 5. The van der Waals surface area contributed by atoms with Crippen molar-refractivity contribution >= 4 is 5.91 Å². The first-order chi connectivity index (χ1) is 10.1. The first kappa shape index (κ1) is 15.1. The summed E-state index contributed by atoms with van der Waals surface area (Å²) in [4.78, 5) is 17.8. The molecule has 1 amide bonds. The molecule has 1 aromatic heterocycles. The first-order valence-electron chi connectivity index (χ1n) is 6.75. The Balaban J connectivity index is 2.06. The molecular weight excluding hydrogens is 274 g/mol. The molecule has 0 N–H and O–H groups in total. The second-order valence-electron chi connectivity index (χ2n) is 4.62. The quantitative estimate of drug-likeness (QED) is 0.848. The minimum absolute atomic E-state index is 0.158. The summed E-state index contributed by atoms with van der Waals surface area (Å²) in [5, 5.41) is 0. The Labute approximate surface area is 122 Å². The van der Waals surface area contributed by atoms with E-state index in [0.29, 0.717) is 19.5 Å². The smallest absolute Gasteiger partial charge is 0.253 e. The van der Waals surface area contributed by atoms with E-state index >= 15 is 0 Å². The van der Waals surface area contributed by atoms with Crippen LogP contribution in [0.15, 0.2) is 42.7 Å². The molecule has 5 heteroatoms. The number of benzene rings is 1. The van der Waals surface area contributed by atoms with Crippen LogP contribution in [0.3, 0.4) is 0 Å². The van der Waals surface area contributed by atoms with Crippen LogP contribution < -0.4 is 0 Å². The summed E-state index contributed by atoms with van der Waals surface area (Å²) in [6.45, 7) is 2.87. The van der Waals surface area contributed by atoms with Gasteiger partial charge in [0.2, 0.25) is 0 Å². The standard InChI is InChI=1S/C16H16F2N2O/c1-2-20(10-7-12-5-8-19-9-6-12)16(21)13-3-4-14(17)15(18)11-13/h3-6,8-9,11H,2,7,10H2,1H3. The summed E-state index contributed by atoms with van der Waals surface area (Å²) in [6.07, 6.45) is 4.08. The fourth-order valence-electron chi connectivity index (χ4n) is 2.03. The molecule has 0 saturated carbocycles. The molecule has 110 valence electrons. The number of pyridine rings is 1. The van der Waals surface area contributed by atoms with Crippen molar-refractivity contribution in [1.82, 2.24) is 9.88 Å². The number of carbonyl (C=O) groups excluding carboxylic acids is 1. The third kappa shape index (κ3) is 3.84. The summed E-state index contributed by atoms with van der Waals surface area (Å²) in [5.41, 5.74) is 1.23. The zero-order chi connectivity index (χ0) is 15.2. The summed E-state index contributed by atoms with van der Waals surface area (Å²) < 4.78 is 26.1. The molecule has 21 heavy (non-hydrogen) atoms. The first-order valence-corrected chi connectivity index (χ1v) is 6.75. The van der Waals surface area contributed by atoms with E-state index in [1.54, 1.807) is 17.3 Å². The topological polar surface area (TPSA) is 33.2 Å². The fraction of sp³-hybridized carbons (Fsp3) is 0.250. The van der Waals surface area contributed by atoms with E-state index in [4.69, 9.17) is 0 Å². The minimum Gasteiger partial charge on any atom is -0.339 e. The van der Waals surface area contributed by atoms with E-state index in [0.717, 1.165) is 17.7 Å². The molecule has 0 aliphatic carbocycles. The van der Waals surface area contributed by atoms with Gasteiger partial charge in [-0.05, 0) is 49.2 Å². The number of amides is 1. The van der Waals surface area contributed by atoms with Crippen LogP contribution in [0.25, 0.3) is 0 Å². The molecule has 0 saturated heterocycles. The van der Waals surface area contributed by atoms with Crippen molar-refractivity contribution in [3.63, 3.8) is 0 Å². The van der Waals surface area contributed by atoms with Gasteiger partial charge in [0.15, 0.2) is 11.6 Å². The summed E-state index contributed by atoms with van der Waals surface area (Å²) in [7, 11) is 0. The number of halogens is 2. The van der Waals surface area contributed by atoms with E-state index in [2.05, 4.69) is 4.98 Å². The molecule has 1 heterocycles. The van der Waals surface area contributed by atoms with Crippen molar-refractivity contribution in [2.45, 2.75) is 13.3 Å². The number of nitrogens with zero attached hydrogens (tertiary/aromatic N) is 2. The predicted octanol–water partition coefficient (Wildman–Crippen LogP) is 3.06. The van der Waals surface area contributed by atoms with Crippen molar-refractivity contribution in [2.24, 2.45) is 0 Å². The SMILES string of the molecule is CCN(CCc1ccncc1)C(=O)c1ccc(F)c(F)c1. The molecule has 2 rings (SSSR count).